The number of carbonyl (C=O) groups excluding carboxylic acids is 2. The average molecular weight is 596 g/mol. The fourth-order valence-corrected chi connectivity index (χ4v) is 4.45. The number of methoxy groups -OCH3 is 1. The zero-order chi connectivity index (χ0) is 31.0. The normalized spacial score (nSPS) is 18.7. The van der Waals surface area contributed by atoms with E-state index in [-0.39, 0.29) is 41.0 Å². The number of aliphatic hydroxyl groups is 1. The highest BCUT2D eigenvalue weighted by atomic mass is 19.4. The number of hydrogen-bond acceptors (Lipinski definition) is 7. The van der Waals surface area contributed by atoms with Gasteiger partial charge in [0.25, 0.3) is 5.91 Å². The Morgan fingerprint density at radius 3 is 2.49 bits per heavy atom. The molecule has 5 rings (SSSR count). The number of halogens is 3. The number of amides is 2. The van der Waals surface area contributed by atoms with Gasteiger partial charge in [-0.25, -0.2) is 4.98 Å². The number of alkyl halides is 3. The molecule has 2 atom stereocenters. The molecule has 1 aliphatic carbocycles. The Hall–Kier alpha value is -4.76. The minimum atomic E-state index is -5.31. The predicted molar refractivity (Wildman–Crippen MR) is 148 cm³/mol. The highest BCUT2D eigenvalue weighted by Crippen LogP contribution is 2.45. The lowest BCUT2D eigenvalue weighted by Crippen LogP contribution is -2.52. The first-order valence-electron chi connectivity index (χ1n) is 13.3. The summed E-state index contributed by atoms with van der Waals surface area (Å²) >= 11 is 0. The van der Waals surface area contributed by atoms with Crippen molar-refractivity contribution >= 4 is 11.8 Å². The number of nitrogens with zero attached hydrogens (tertiary/aromatic N) is 1. The molecule has 43 heavy (non-hydrogen) atoms. The van der Waals surface area contributed by atoms with Crippen molar-refractivity contribution in [3.05, 3.63) is 82.7 Å². The molecule has 224 valence electrons. The van der Waals surface area contributed by atoms with Crippen LogP contribution < -0.4 is 25.3 Å². The quantitative estimate of drug-likeness (QED) is 0.340. The summed E-state index contributed by atoms with van der Waals surface area (Å²) in [7, 11) is 1.38. The molecule has 4 N–H and O–H groups in total. The van der Waals surface area contributed by atoms with Gasteiger partial charge < -0.3 is 30.4 Å². The number of ether oxygens (including phenoxy) is 3. The van der Waals surface area contributed by atoms with E-state index in [1.54, 1.807) is 30.3 Å². The Labute approximate surface area is 245 Å². The monoisotopic (exact) mass is 595 g/mol. The van der Waals surface area contributed by atoms with Gasteiger partial charge in [-0.2, -0.15) is 13.2 Å². The highest BCUT2D eigenvalue weighted by molar-refractivity contribution is 5.95. The highest BCUT2D eigenvalue weighted by Gasteiger charge is 2.57. The van der Waals surface area contributed by atoms with Gasteiger partial charge in [-0.15, -0.1) is 0 Å². The van der Waals surface area contributed by atoms with Crippen molar-refractivity contribution in [2.24, 2.45) is 5.73 Å². The maximum atomic E-state index is 14.6. The van der Waals surface area contributed by atoms with E-state index < -0.39 is 41.2 Å². The minimum Gasteiger partial charge on any atom is -0.493 e. The van der Waals surface area contributed by atoms with Gasteiger partial charge in [-0.1, -0.05) is 24.1 Å². The van der Waals surface area contributed by atoms with Crippen LogP contribution >= 0.6 is 0 Å². The molecular weight excluding hydrogens is 567 g/mol. The van der Waals surface area contributed by atoms with Crippen molar-refractivity contribution in [2.75, 3.05) is 20.3 Å². The Morgan fingerprint density at radius 2 is 1.86 bits per heavy atom. The third-order valence-corrected chi connectivity index (χ3v) is 7.36. The van der Waals surface area contributed by atoms with E-state index in [1.807, 2.05) is 0 Å². The van der Waals surface area contributed by atoms with Crippen molar-refractivity contribution in [1.29, 1.82) is 0 Å². The summed E-state index contributed by atoms with van der Waals surface area (Å²) in [6, 6.07) is 13.7. The molecule has 0 radical (unpaired) electrons. The fourth-order valence-electron chi connectivity index (χ4n) is 4.45. The van der Waals surface area contributed by atoms with E-state index in [0.717, 1.165) is 18.9 Å². The van der Waals surface area contributed by atoms with Gasteiger partial charge in [0.1, 0.15) is 12.0 Å². The van der Waals surface area contributed by atoms with Crippen LogP contribution in [0.15, 0.2) is 54.6 Å². The largest absolute Gasteiger partial charge is 0.493 e. The molecule has 1 saturated carbocycles. The number of aromatic nitrogens is 1. The molecule has 0 saturated heterocycles. The van der Waals surface area contributed by atoms with Crippen molar-refractivity contribution in [1.82, 2.24) is 10.3 Å². The first-order chi connectivity index (χ1) is 20.4. The molecule has 0 unspecified atom stereocenters. The first-order valence-corrected chi connectivity index (χ1v) is 13.3. The van der Waals surface area contributed by atoms with Gasteiger partial charge in [-0.05, 0) is 62.1 Å². The van der Waals surface area contributed by atoms with Crippen LogP contribution in [0.1, 0.15) is 52.6 Å². The van der Waals surface area contributed by atoms with Crippen molar-refractivity contribution in [3.8, 4) is 29.1 Å². The molecule has 0 spiro atoms. The summed E-state index contributed by atoms with van der Waals surface area (Å²) in [5, 5.41) is 13.3. The van der Waals surface area contributed by atoms with Gasteiger partial charge in [0.15, 0.2) is 22.9 Å². The van der Waals surface area contributed by atoms with Crippen LogP contribution in [0.3, 0.4) is 0 Å². The zero-order valence-electron chi connectivity index (χ0n) is 23.2. The smallest absolute Gasteiger partial charge is 0.424 e. The molecule has 0 bridgehead atoms. The standard InChI is InChI=1S/C31H28F3N3O6/c1-29(28(35)39)17-42-26-21(29)15-25(37-22(26)12-8-18-6-4-3-5-7-18)30(40,31(32,33)34)16-36-27(38)19-9-13-23(24(14-19)41-2)43-20-10-11-20/h3-7,9,13-15,20,40H,10-11,16-17H2,1-2H3,(H2,35,39)(H,36,38)/t29-,30-/m0/s1. The Morgan fingerprint density at radius 1 is 1.14 bits per heavy atom. The molecule has 1 aromatic heterocycles. The van der Waals surface area contributed by atoms with Crippen LogP contribution in [0.25, 0.3) is 0 Å². The van der Waals surface area contributed by atoms with Gasteiger partial charge in [-0.3, -0.25) is 9.59 Å². The van der Waals surface area contributed by atoms with E-state index in [9.17, 15) is 27.9 Å². The number of benzene rings is 2. The molecule has 1 fully saturated rings. The van der Waals surface area contributed by atoms with E-state index in [1.165, 1.54) is 32.2 Å². The third-order valence-electron chi connectivity index (χ3n) is 7.36. The van der Waals surface area contributed by atoms with Crippen LogP contribution in [0.4, 0.5) is 13.2 Å². The fraction of sp³-hybridized carbons (Fsp3) is 0.323. The van der Waals surface area contributed by atoms with Crippen LogP contribution in [-0.4, -0.2) is 54.4 Å². The maximum Gasteiger partial charge on any atom is 0.424 e. The number of nitrogens with one attached hydrogen (secondary N) is 1. The number of hydrogen-bond donors (Lipinski definition) is 3. The molecule has 2 heterocycles. The summed E-state index contributed by atoms with van der Waals surface area (Å²) in [5.41, 5.74) is -0.204. The lowest BCUT2D eigenvalue weighted by atomic mass is 9.82. The van der Waals surface area contributed by atoms with E-state index in [0.29, 0.717) is 11.3 Å². The van der Waals surface area contributed by atoms with Gasteiger partial charge >= 0.3 is 6.18 Å². The minimum absolute atomic E-state index is 0.00708. The summed E-state index contributed by atoms with van der Waals surface area (Å²) in [5.74, 6) is 4.37. The van der Waals surface area contributed by atoms with Gasteiger partial charge in [0.05, 0.1) is 25.5 Å². The maximum absolute atomic E-state index is 14.6. The Kier molecular flexibility index (Phi) is 7.70. The third kappa shape index (κ3) is 5.81. The SMILES string of the molecule is COc1cc(C(=O)NC[C@](O)(c2cc3c(c(C#Cc4ccccc4)n2)OC[C@]3(C)C(N)=O)C(F)(F)F)ccc1OC1CC1. The molecule has 12 heteroatoms. The van der Waals surface area contributed by atoms with E-state index in [2.05, 4.69) is 22.1 Å². The van der Waals surface area contributed by atoms with E-state index in [4.69, 9.17) is 19.9 Å². The second kappa shape index (κ2) is 11.1. The molecule has 1 aliphatic heterocycles. The number of pyridine rings is 1. The van der Waals surface area contributed by atoms with Crippen molar-refractivity contribution in [2.45, 2.75) is 43.1 Å². The zero-order valence-corrected chi connectivity index (χ0v) is 23.2. The van der Waals surface area contributed by atoms with Crippen molar-refractivity contribution in [3.63, 3.8) is 0 Å². The lowest BCUT2D eigenvalue weighted by Gasteiger charge is -2.31. The van der Waals surface area contributed by atoms with Crippen LogP contribution in [0.2, 0.25) is 0 Å². The number of rotatable bonds is 8. The Bertz CT molecular complexity index is 1630. The topological polar surface area (TPSA) is 133 Å². The predicted octanol–water partition coefficient (Wildman–Crippen LogP) is 3.35. The molecule has 9 nitrogen and oxygen atoms in total. The summed E-state index contributed by atoms with van der Waals surface area (Å²) in [4.78, 5) is 29.4. The number of fused-ring (bicyclic) bond motifs is 1. The molecule has 2 amide bonds. The molecule has 2 aromatic carbocycles. The number of carbonyl (C=O) groups is 2. The summed E-state index contributed by atoms with van der Waals surface area (Å²) in [6.07, 6.45) is -3.47. The lowest BCUT2D eigenvalue weighted by molar-refractivity contribution is -0.265. The summed E-state index contributed by atoms with van der Waals surface area (Å²) < 4.78 is 60.4. The summed E-state index contributed by atoms with van der Waals surface area (Å²) in [6.45, 7) is -0.145. The van der Waals surface area contributed by atoms with Crippen LogP contribution in [-0.2, 0) is 15.8 Å². The van der Waals surface area contributed by atoms with Crippen LogP contribution in [0.5, 0.6) is 17.2 Å². The Balaban J connectivity index is 1.51. The van der Waals surface area contributed by atoms with Gasteiger partial charge in [0, 0.05) is 16.7 Å². The van der Waals surface area contributed by atoms with Crippen LogP contribution in [0, 0.1) is 11.8 Å². The average Bonchev–Trinajstić information content (AvgIpc) is 3.74. The number of primary amides is 1. The number of nitrogens with two attached hydrogens (primary N) is 1. The molecule has 2 aliphatic rings. The van der Waals surface area contributed by atoms with Gasteiger partial charge in [0.2, 0.25) is 11.5 Å². The van der Waals surface area contributed by atoms with Crippen molar-refractivity contribution < 1.29 is 42.1 Å². The molecular formula is C31H28F3N3O6. The molecule has 3 aromatic rings. The van der Waals surface area contributed by atoms with E-state index >= 15 is 0 Å². The first kappa shape index (κ1) is 29.7. The second-order valence-electron chi connectivity index (χ2n) is 10.6. The second-order valence-corrected chi connectivity index (χ2v) is 10.6.